The molecule has 3 aromatic rings. The lowest BCUT2D eigenvalue weighted by Gasteiger charge is -2.34. The van der Waals surface area contributed by atoms with Crippen molar-refractivity contribution < 1.29 is 23.1 Å². The molecular weight excluding hydrogens is 425 g/mol. The van der Waals surface area contributed by atoms with Gasteiger partial charge in [0.15, 0.2) is 17.5 Å². The third-order valence-corrected chi connectivity index (χ3v) is 5.59. The van der Waals surface area contributed by atoms with Gasteiger partial charge in [-0.2, -0.15) is 0 Å². The minimum atomic E-state index is -0.602. The van der Waals surface area contributed by atoms with Crippen LogP contribution in [0.2, 0.25) is 0 Å². The van der Waals surface area contributed by atoms with E-state index in [-0.39, 0.29) is 23.3 Å². The molecule has 172 valence electrons. The van der Waals surface area contributed by atoms with E-state index in [4.69, 9.17) is 9.15 Å². The third-order valence-electron chi connectivity index (χ3n) is 5.59. The number of piperidine rings is 1. The van der Waals surface area contributed by atoms with E-state index >= 15 is 0 Å². The number of likely N-dealkylation sites (tertiary alicyclic amines) is 1. The van der Waals surface area contributed by atoms with Crippen molar-refractivity contribution in [3.63, 3.8) is 0 Å². The number of oxazole rings is 1. The zero-order chi connectivity index (χ0) is 23.4. The number of aryl methyl sites for hydroxylation is 2. The molecule has 8 heteroatoms. The third kappa shape index (κ3) is 5.05. The summed E-state index contributed by atoms with van der Waals surface area (Å²) in [7, 11) is 0. The van der Waals surface area contributed by atoms with Crippen molar-refractivity contribution in [2.75, 3.05) is 11.9 Å². The van der Waals surface area contributed by atoms with Crippen LogP contribution >= 0.6 is 0 Å². The average molecular weight is 451 g/mol. The van der Waals surface area contributed by atoms with E-state index in [9.17, 15) is 14.0 Å². The molecule has 1 saturated heterocycles. The minimum absolute atomic E-state index is 0.125. The Balaban J connectivity index is 1.44. The van der Waals surface area contributed by atoms with Crippen LogP contribution in [0.1, 0.15) is 48.3 Å². The van der Waals surface area contributed by atoms with Crippen molar-refractivity contribution in [1.29, 1.82) is 0 Å². The van der Waals surface area contributed by atoms with Gasteiger partial charge in [-0.1, -0.05) is 19.1 Å². The number of amides is 2. The van der Waals surface area contributed by atoms with E-state index in [1.54, 1.807) is 54.3 Å². The average Bonchev–Trinajstić information content (AvgIpc) is 3.22. The van der Waals surface area contributed by atoms with Gasteiger partial charge >= 0.3 is 0 Å². The van der Waals surface area contributed by atoms with E-state index in [0.717, 1.165) is 12.8 Å². The molecule has 2 heterocycles. The van der Waals surface area contributed by atoms with Crippen LogP contribution in [0.4, 0.5) is 10.1 Å². The van der Waals surface area contributed by atoms with Gasteiger partial charge in [0.2, 0.25) is 11.7 Å². The molecule has 0 spiro atoms. The zero-order valence-electron chi connectivity index (χ0n) is 18.6. The molecule has 0 aliphatic carbocycles. The summed E-state index contributed by atoms with van der Waals surface area (Å²) in [6.45, 7) is 4.12. The van der Waals surface area contributed by atoms with Gasteiger partial charge in [-0.25, -0.2) is 9.37 Å². The molecular formula is C25H26FN3O4. The number of anilines is 1. The zero-order valence-corrected chi connectivity index (χ0v) is 18.6. The highest BCUT2D eigenvalue weighted by atomic mass is 19.1. The second kappa shape index (κ2) is 9.85. The summed E-state index contributed by atoms with van der Waals surface area (Å²) in [5, 5.41) is 2.87. The number of nitrogens with zero attached hydrogens (tertiary/aromatic N) is 2. The molecule has 2 aromatic carbocycles. The maximum absolute atomic E-state index is 13.8. The number of benzene rings is 2. The van der Waals surface area contributed by atoms with Crippen LogP contribution in [0.25, 0.3) is 0 Å². The Morgan fingerprint density at radius 2 is 1.94 bits per heavy atom. The monoisotopic (exact) mass is 451 g/mol. The topological polar surface area (TPSA) is 84.7 Å². The number of hydrogen-bond donors (Lipinski definition) is 1. The summed E-state index contributed by atoms with van der Waals surface area (Å²) >= 11 is 0. The molecule has 1 aliphatic heterocycles. The Hall–Kier alpha value is -3.68. The number of ether oxygens (including phenoxy) is 1. The lowest BCUT2D eigenvalue weighted by Crippen LogP contribution is -2.50. The number of carbonyl (C=O) groups excluding carboxylic acids is 2. The molecule has 0 unspecified atom stereocenters. The van der Waals surface area contributed by atoms with Gasteiger partial charge in [0.25, 0.3) is 5.91 Å². The lowest BCUT2D eigenvalue weighted by molar-refractivity contribution is -0.121. The van der Waals surface area contributed by atoms with E-state index in [2.05, 4.69) is 10.3 Å². The van der Waals surface area contributed by atoms with Crippen LogP contribution in [0.15, 0.2) is 52.9 Å². The number of para-hydroxylation sites is 1. The van der Waals surface area contributed by atoms with E-state index in [1.807, 2.05) is 6.92 Å². The summed E-state index contributed by atoms with van der Waals surface area (Å²) in [6.07, 6.45) is 2.84. The van der Waals surface area contributed by atoms with Crippen LogP contribution < -0.4 is 10.1 Å². The van der Waals surface area contributed by atoms with Crippen molar-refractivity contribution in [3.8, 4) is 11.5 Å². The number of rotatable bonds is 6. The van der Waals surface area contributed by atoms with Crippen LogP contribution in [-0.2, 0) is 11.2 Å². The molecule has 1 atom stereocenters. The SMILES string of the molecule is CCc1nc(C)c(C(=O)N2CCCC[C@@H]2C(=O)Nc2ccc(Oc3ccccc3F)cc2)o1. The van der Waals surface area contributed by atoms with Gasteiger partial charge in [-0.05, 0) is 62.6 Å². The number of carbonyl (C=O) groups is 2. The highest BCUT2D eigenvalue weighted by molar-refractivity contribution is 6.00. The number of nitrogens with one attached hydrogen (secondary N) is 1. The van der Waals surface area contributed by atoms with Crippen molar-refractivity contribution >= 4 is 17.5 Å². The maximum atomic E-state index is 13.8. The normalized spacial score (nSPS) is 15.8. The predicted octanol–water partition coefficient (Wildman–Crippen LogP) is 5.11. The van der Waals surface area contributed by atoms with Crippen molar-refractivity contribution in [2.45, 2.75) is 45.6 Å². The Kier molecular flexibility index (Phi) is 6.72. The van der Waals surface area contributed by atoms with Gasteiger partial charge in [-0.3, -0.25) is 9.59 Å². The minimum Gasteiger partial charge on any atom is -0.454 e. The summed E-state index contributed by atoms with van der Waals surface area (Å²) in [4.78, 5) is 32.0. The van der Waals surface area contributed by atoms with Gasteiger partial charge in [0, 0.05) is 18.7 Å². The van der Waals surface area contributed by atoms with E-state index in [1.165, 1.54) is 6.07 Å². The van der Waals surface area contributed by atoms with Gasteiger partial charge in [0.05, 0.1) is 5.69 Å². The number of aromatic nitrogens is 1. The molecule has 0 bridgehead atoms. The van der Waals surface area contributed by atoms with Crippen LogP contribution in [0, 0.1) is 12.7 Å². The molecule has 1 aliphatic rings. The van der Waals surface area contributed by atoms with Gasteiger partial charge in [0.1, 0.15) is 11.8 Å². The molecule has 33 heavy (non-hydrogen) atoms. The summed E-state index contributed by atoms with van der Waals surface area (Å²) in [6, 6.07) is 12.2. The summed E-state index contributed by atoms with van der Waals surface area (Å²) in [5.74, 6) is 0.240. The van der Waals surface area contributed by atoms with E-state index < -0.39 is 11.9 Å². The van der Waals surface area contributed by atoms with Crippen molar-refractivity contribution in [3.05, 3.63) is 71.7 Å². The maximum Gasteiger partial charge on any atom is 0.292 e. The smallest absolute Gasteiger partial charge is 0.292 e. The van der Waals surface area contributed by atoms with Crippen molar-refractivity contribution in [1.82, 2.24) is 9.88 Å². The van der Waals surface area contributed by atoms with Crippen molar-refractivity contribution in [2.24, 2.45) is 0 Å². The number of hydrogen-bond acceptors (Lipinski definition) is 5. The highest BCUT2D eigenvalue weighted by Gasteiger charge is 2.35. The first-order valence-electron chi connectivity index (χ1n) is 11.1. The number of halogens is 1. The first-order valence-corrected chi connectivity index (χ1v) is 11.1. The second-order valence-electron chi connectivity index (χ2n) is 7.93. The van der Waals surface area contributed by atoms with Gasteiger partial charge < -0.3 is 19.4 Å². The predicted molar refractivity (Wildman–Crippen MR) is 121 cm³/mol. The molecule has 2 amide bonds. The Labute approximate surface area is 191 Å². The summed E-state index contributed by atoms with van der Waals surface area (Å²) < 4.78 is 24.9. The second-order valence-corrected chi connectivity index (χ2v) is 7.93. The molecule has 0 radical (unpaired) electrons. The Morgan fingerprint density at radius 1 is 1.18 bits per heavy atom. The molecule has 7 nitrogen and oxygen atoms in total. The van der Waals surface area contributed by atoms with Crippen LogP contribution in [-0.4, -0.2) is 34.3 Å². The quantitative estimate of drug-likeness (QED) is 0.563. The molecule has 1 fully saturated rings. The fourth-order valence-corrected chi connectivity index (χ4v) is 3.87. The largest absolute Gasteiger partial charge is 0.454 e. The Bertz CT molecular complexity index is 1140. The fraction of sp³-hybridized carbons (Fsp3) is 0.320. The molecule has 4 rings (SSSR count). The first-order chi connectivity index (χ1) is 16.0. The van der Waals surface area contributed by atoms with E-state index in [0.29, 0.717) is 42.4 Å². The molecule has 0 saturated carbocycles. The van der Waals surface area contributed by atoms with Gasteiger partial charge in [-0.15, -0.1) is 0 Å². The lowest BCUT2D eigenvalue weighted by atomic mass is 10.0. The molecule has 1 N–H and O–H groups in total. The highest BCUT2D eigenvalue weighted by Crippen LogP contribution is 2.26. The summed E-state index contributed by atoms with van der Waals surface area (Å²) in [5.41, 5.74) is 1.09. The van der Waals surface area contributed by atoms with Crippen LogP contribution in [0.5, 0.6) is 11.5 Å². The molecule has 1 aromatic heterocycles. The fourth-order valence-electron chi connectivity index (χ4n) is 3.87. The van der Waals surface area contributed by atoms with Crippen LogP contribution in [0.3, 0.4) is 0 Å². The standard InChI is InChI=1S/C25H26FN3O4/c1-3-22-27-16(2)23(33-22)25(31)29-15-7-6-9-20(29)24(30)28-17-11-13-18(14-12-17)32-21-10-5-4-8-19(21)26/h4-5,8,10-14,20H,3,6-7,9,15H2,1-2H3,(H,28,30)/t20-/m1/s1. The Morgan fingerprint density at radius 3 is 2.64 bits per heavy atom. The first kappa shape index (κ1) is 22.5.